The molecule has 0 fully saturated rings. The van der Waals surface area contributed by atoms with Crippen LogP contribution < -0.4 is 10.2 Å². The Morgan fingerprint density at radius 2 is 2.28 bits per heavy atom. The lowest BCUT2D eigenvalue weighted by Gasteiger charge is -2.07. The molecule has 7 nitrogen and oxygen atoms in total. The van der Waals surface area contributed by atoms with Crippen molar-refractivity contribution in [2.75, 3.05) is 30.9 Å². The van der Waals surface area contributed by atoms with E-state index >= 15 is 0 Å². The fourth-order valence-corrected chi connectivity index (χ4v) is 2.04. The number of thiazole rings is 1. The lowest BCUT2D eigenvalue weighted by molar-refractivity contribution is 0.168. The zero-order valence-corrected chi connectivity index (χ0v) is 11.1. The van der Waals surface area contributed by atoms with Crippen molar-refractivity contribution in [1.29, 1.82) is 0 Å². The van der Waals surface area contributed by atoms with E-state index in [1.807, 2.05) is 14.1 Å². The topological polar surface area (TPSA) is 80.2 Å². The summed E-state index contributed by atoms with van der Waals surface area (Å²) in [5.74, 6) is 0.605. The molecule has 1 N–H and O–H groups in total. The highest BCUT2D eigenvalue weighted by Gasteiger charge is 2.10. The molecular weight excluding hydrogens is 254 g/mol. The number of ether oxygens (including phenoxy) is 1. The molecule has 8 heteroatoms. The third-order valence-corrected chi connectivity index (χ3v) is 2.90. The number of aromatic nitrogens is 3. The molecular formula is C10H13N5O2S. The minimum atomic E-state index is -0.516. The van der Waals surface area contributed by atoms with Gasteiger partial charge in [-0.15, -0.1) is 0 Å². The standard InChI is InChI=1S/C10H13N5O2S/c1-4-17-10(16)14-9-12-6-5-11-8(15(2)3)13-7(6)18-9/h5H,4H2,1-3H3,(H,12,14,16). The number of fused-ring (bicyclic) bond motifs is 1. The molecule has 18 heavy (non-hydrogen) atoms. The number of anilines is 2. The number of carbonyl (C=O) groups excluding carboxylic acids is 1. The minimum absolute atomic E-state index is 0.321. The summed E-state index contributed by atoms with van der Waals surface area (Å²) in [6.07, 6.45) is 1.11. The first-order valence-corrected chi connectivity index (χ1v) is 6.16. The normalized spacial score (nSPS) is 10.4. The van der Waals surface area contributed by atoms with Gasteiger partial charge in [-0.1, -0.05) is 11.3 Å². The molecule has 0 aliphatic rings. The summed E-state index contributed by atoms with van der Waals surface area (Å²) < 4.78 is 4.78. The van der Waals surface area contributed by atoms with Crippen LogP contribution in [0.3, 0.4) is 0 Å². The summed E-state index contributed by atoms with van der Waals surface area (Å²) in [4.78, 5) is 26.5. The minimum Gasteiger partial charge on any atom is -0.450 e. The van der Waals surface area contributed by atoms with Crippen LogP contribution in [0.1, 0.15) is 6.92 Å². The molecule has 0 bridgehead atoms. The molecule has 0 radical (unpaired) electrons. The zero-order valence-electron chi connectivity index (χ0n) is 10.3. The van der Waals surface area contributed by atoms with Crippen molar-refractivity contribution in [3.63, 3.8) is 0 Å². The Hall–Kier alpha value is -1.96. The summed E-state index contributed by atoms with van der Waals surface area (Å²) >= 11 is 1.28. The highest BCUT2D eigenvalue weighted by atomic mass is 32.1. The van der Waals surface area contributed by atoms with Crippen LogP contribution in [0, 0.1) is 0 Å². The molecule has 0 aliphatic heterocycles. The Balaban J connectivity index is 2.24. The third-order valence-electron chi connectivity index (χ3n) is 2.02. The highest BCUT2D eigenvalue weighted by Crippen LogP contribution is 2.24. The van der Waals surface area contributed by atoms with Gasteiger partial charge in [-0.3, -0.25) is 5.32 Å². The van der Waals surface area contributed by atoms with E-state index in [2.05, 4.69) is 20.3 Å². The fourth-order valence-electron chi connectivity index (χ4n) is 1.25. The van der Waals surface area contributed by atoms with Gasteiger partial charge in [0.05, 0.1) is 12.8 Å². The van der Waals surface area contributed by atoms with Crippen molar-refractivity contribution in [2.24, 2.45) is 0 Å². The maximum absolute atomic E-state index is 11.3. The molecule has 2 aromatic heterocycles. The summed E-state index contributed by atoms with van der Waals surface area (Å²) in [7, 11) is 3.72. The number of carbonyl (C=O) groups is 1. The smallest absolute Gasteiger partial charge is 0.413 e. The molecule has 2 rings (SSSR count). The molecule has 1 amide bonds. The average Bonchev–Trinajstić information content (AvgIpc) is 2.69. The quantitative estimate of drug-likeness (QED) is 0.912. The third kappa shape index (κ3) is 2.65. The predicted molar refractivity (Wildman–Crippen MR) is 70.2 cm³/mol. The Morgan fingerprint density at radius 1 is 1.50 bits per heavy atom. The molecule has 0 aliphatic carbocycles. The van der Waals surface area contributed by atoms with Crippen LogP contribution in [0.4, 0.5) is 15.9 Å². The number of hydrogen-bond acceptors (Lipinski definition) is 7. The van der Waals surface area contributed by atoms with E-state index in [1.54, 1.807) is 18.0 Å². The van der Waals surface area contributed by atoms with Gasteiger partial charge in [0.1, 0.15) is 5.52 Å². The van der Waals surface area contributed by atoms with Gasteiger partial charge in [0.15, 0.2) is 9.96 Å². The monoisotopic (exact) mass is 267 g/mol. The first kappa shape index (κ1) is 12.5. The molecule has 0 aromatic carbocycles. The fraction of sp³-hybridized carbons (Fsp3) is 0.400. The van der Waals surface area contributed by atoms with Crippen molar-refractivity contribution in [1.82, 2.24) is 15.0 Å². The zero-order chi connectivity index (χ0) is 13.1. The van der Waals surface area contributed by atoms with E-state index in [0.29, 0.717) is 23.2 Å². The molecule has 2 aromatic rings. The van der Waals surface area contributed by atoms with E-state index in [-0.39, 0.29) is 0 Å². The van der Waals surface area contributed by atoms with Gasteiger partial charge in [-0.25, -0.2) is 14.8 Å². The molecule has 0 atom stereocenters. The molecule has 0 spiro atoms. The van der Waals surface area contributed by atoms with E-state index in [9.17, 15) is 4.79 Å². The van der Waals surface area contributed by atoms with Gasteiger partial charge in [-0.05, 0) is 6.92 Å². The Kier molecular flexibility index (Phi) is 3.56. The lowest BCUT2D eigenvalue weighted by Crippen LogP contribution is -2.12. The molecule has 0 saturated heterocycles. The first-order chi connectivity index (χ1) is 8.60. The molecule has 2 heterocycles. The van der Waals surface area contributed by atoms with Crippen molar-refractivity contribution >= 4 is 38.9 Å². The SMILES string of the molecule is CCOC(=O)Nc1nc2cnc(N(C)C)nc2s1. The largest absolute Gasteiger partial charge is 0.450 e. The second-order valence-electron chi connectivity index (χ2n) is 3.62. The maximum Gasteiger partial charge on any atom is 0.413 e. The van der Waals surface area contributed by atoms with Gasteiger partial charge in [0.25, 0.3) is 0 Å². The highest BCUT2D eigenvalue weighted by molar-refractivity contribution is 7.21. The van der Waals surface area contributed by atoms with Gasteiger partial charge >= 0.3 is 6.09 Å². The average molecular weight is 267 g/mol. The number of nitrogens with one attached hydrogen (secondary N) is 1. The van der Waals surface area contributed by atoms with E-state index in [0.717, 1.165) is 4.83 Å². The lowest BCUT2D eigenvalue weighted by atomic mass is 10.6. The van der Waals surface area contributed by atoms with Gasteiger partial charge in [-0.2, -0.15) is 4.98 Å². The van der Waals surface area contributed by atoms with Crippen molar-refractivity contribution < 1.29 is 9.53 Å². The van der Waals surface area contributed by atoms with Gasteiger partial charge < -0.3 is 9.64 Å². The van der Waals surface area contributed by atoms with E-state index in [4.69, 9.17) is 4.74 Å². The van der Waals surface area contributed by atoms with Crippen LogP contribution in [0.5, 0.6) is 0 Å². The number of hydrogen-bond donors (Lipinski definition) is 1. The number of rotatable bonds is 3. The second kappa shape index (κ2) is 5.13. The summed E-state index contributed by atoms with van der Waals surface area (Å²) in [5.41, 5.74) is 0.650. The van der Waals surface area contributed by atoms with E-state index < -0.39 is 6.09 Å². The van der Waals surface area contributed by atoms with Crippen molar-refractivity contribution in [3.8, 4) is 0 Å². The molecule has 0 saturated carbocycles. The first-order valence-electron chi connectivity index (χ1n) is 5.35. The van der Waals surface area contributed by atoms with Crippen LogP contribution in [-0.4, -0.2) is 41.7 Å². The van der Waals surface area contributed by atoms with Crippen LogP contribution in [-0.2, 0) is 4.74 Å². The van der Waals surface area contributed by atoms with Crippen LogP contribution >= 0.6 is 11.3 Å². The van der Waals surface area contributed by atoms with Crippen LogP contribution in [0.15, 0.2) is 6.20 Å². The molecule has 0 unspecified atom stereocenters. The van der Waals surface area contributed by atoms with Crippen molar-refractivity contribution in [2.45, 2.75) is 6.92 Å². The van der Waals surface area contributed by atoms with Crippen LogP contribution in [0.2, 0.25) is 0 Å². The van der Waals surface area contributed by atoms with Gasteiger partial charge in [0.2, 0.25) is 5.95 Å². The predicted octanol–water partition coefficient (Wildman–Crippen LogP) is 1.72. The molecule has 96 valence electrons. The maximum atomic E-state index is 11.3. The van der Waals surface area contributed by atoms with Crippen molar-refractivity contribution in [3.05, 3.63) is 6.20 Å². The van der Waals surface area contributed by atoms with Crippen LogP contribution in [0.25, 0.3) is 10.3 Å². The Morgan fingerprint density at radius 3 is 2.94 bits per heavy atom. The number of nitrogens with zero attached hydrogens (tertiary/aromatic N) is 4. The summed E-state index contributed by atoms with van der Waals surface area (Å²) in [5, 5.41) is 3.00. The Bertz CT molecular complexity index is 568. The summed E-state index contributed by atoms with van der Waals surface area (Å²) in [6, 6.07) is 0. The van der Waals surface area contributed by atoms with E-state index in [1.165, 1.54) is 11.3 Å². The summed E-state index contributed by atoms with van der Waals surface area (Å²) in [6.45, 7) is 2.06. The number of amides is 1. The second-order valence-corrected chi connectivity index (χ2v) is 4.60. The van der Waals surface area contributed by atoms with Gasteiger partial charge in [0, 0.05) is 14.1 Å². The Labute approximate surface area is 108 Å².